The van der Waals surface area contributed by atoms with E-state index in [1.807, 2.05) is 25.3 Å². The fourth-order valence-electron chi connectivity index (χ4n) is 2.35. The summed E-state index contributed by atoms with van der Waals surface area (Å²) >= 11 is 3.59. The van der Waals surface area contributed by atoms with Gasteiger partial charge in [-0.1, -0.05) is 13.0 Å². The van der Waals surface area contributed by atoms with Crippen molar-refractivity contribution in [3.63, 3.8) is 0 Å². The van der Waals surface area contributed by atoms with Crippen LogP contribution in [0.4, 0.5) is 11.4 Å². The smallest absolute Gasteiger partial charge is 0.246 e. The fraction of sp³-hybridized carbons (Fsp3) is 0.400. The molecule has 5 heteroatoms. The molecule has 1 unspecified atom stereocenters. The lowest BCUT2D eigenvalue weighted by molar-refractivity contribution is -0.117. The number of hydrogen-bond acceptors (Lipinski definition) is 3. The monoisotopic (exact) mass is 337 g/mol. The number of benzene rings is 1. The summed E-state index contributed by atoms with van der Waals surface area (Å²) in [6.07, 6.45) is 2.85. The van der Waals surface area contributed by atoms with Crippen molar-refractivity contribution in [2.45, 2.75) is 19.4 Å². The van der Waals surface area contributed by atoms with E-state index in [-0.39, 0.29) is 11.9 Å². The molecular weight excluding hydrogens is 318 g/mol. The summed E-state index contributed by atoms with van der Waals surface area (Å²) in [6.45, 7) is 7.42. The van der Waals surface area contributed by atoms with Gasteiger partial charge in [0, 0.05) is 29.3 Å². The van der Waals surface area contributed by atoms with Crippen molar-refractivity contribution in [3.05, 3.63) is 34.8 Å². The van der Waals surface area contributed by atoms with Crippen LogP contribution >= 0.6 is 15.9 Å². The zero-order valence-electron chi connectivity index (χ0n) is 11.9. The molecule has 0 spiro atoms. The Balaban J connectivity index is 2.32. The van der Waals surface area contributed by atoms with E-state index >= 15 is 0 Å². The van der Waals surface area contributed by atoms with Crippen molar-refractivity contribution in [1.29, 1.82) is 0 Å². The molecule has 0 aromatic heterocycles. The number of halogens is 1. The topological polar surface area (TPSA) is 44.4 Å². The average molecular weight is 338 g/mol. The molecule has 1 aliphatic heterocycles. The number of fused-ring (bicyclic) bond motifs is 1. The highest BCUT2D eigenvalue weighted by molar-refractivity contribution is 9.10. The van der Waals surface area contributed by atoms with Crippen LogP contribution in [0.25, 0.3) is 0 Å². The predicted molar refractivity (Wildman–Crippen MR) is 87.3 cm³/mol. The number of anilines is 2. The Bertz CT molecular complexity index is 530. The van der Waals surface area contributed by atoms with Crippen LogP contribution in [0.3, 0.4) is 0 Å². The van der Waals surface area contributed by atoms with Gasteiger partial charge in [-0.25, -0.2) is 0 Å². The molecule has 4 nitrogen and oxygen atoms in total. The van der Waals surface area contributed by atoms with Crippen LogP contribution in [0.1, 0.15) is 24.9 Å². The van der Waals surface area contributed by atoms with Gasteiger partial charge in [-0.15, -0.1) is 6.58 Å². The Morgan fingerprint density at radius 3 is 2.95 bits per heavy atom. The molecule has 2 rings (SSSR count). The Kier molecular flexibility index (Phi) is 4.83. The van der Waals surface area contributed by atoms with Gasteiger partial charge >= 0.3 is 0 Å². The third kappa shape index (κ3) is 2.88. The molecule has 0 radical (unpaired) electrons. The molecule has 1 aromatic rings. The lowest BCUT2D eigenvalue weighted by Gasteiger charge is -2.20. The molecule has 2 N–H and O–H groups in total. The first-order chi connectivity index (χ1) is 9.58. The van der Waals surface area contributed by atoms with E-state index < -0.39 is 0 Å². The standard InChI is InChI=1S/C15H20BrN3O/c1-4-6-17-14-10-8-11(16)13(19(3)7-5-2)9-12(10)18-15(14)20/h5,8-9,14,17H,2,4,6-7H2,1,3H3,(H,18,20). The van der Waals surface area contributed by atoms with E-state index in [2.05, 4.69) is 45.0 Å². The van der Waals surface area contributed by atoms with Crippen molar-refractivity contribution in [3.8, 4) is 0 Å². The van der Waals surface area contributed by atoms with Crippen LogP contribution in [0.2, 0.25) is 0 Å². The number of amides is 1. The lowest BCUT2D eigenvalue weighted by Crippen LogP contribution is -2.28. The lowest BCUT2D eigenvalue weighted by atomic mass is 10.1. The van der Waals surface area contributed by atoms with Crippen molar-refractivity contribution >= 4 is 33.2 Å². The SMILES string of the molecule is C=CCN(C)c1cc2c(cc1Br)C(NCCC)C(=O)N2. The minimum absolute atomic E-state index is 0.0175. The molecule has 108 valence electrons. The molecule has 1 aromatic carbocycles. The summed E-state index contributed by atoms with van der Waals surface area (Å²) < 4.78 is 0.986. The Morgan fingerprint density at radius 1 is 1.55 bits per heavy atom. The first kappa shape index (κ1) is 15.1. The number of hydrogen-bond donors (Lipinski definition) is 2. The Hall–Kier alpha value is -1.33. The van der Waals surface area contributed by atoms with Crippen LogP contribution in [0.5, 0.6) is 0 Å². The molecular formula is C15H20BrN3O. The molecule has 0 bridgehead atoms. The van der Waals surface area contributed by atoms with Crippen LogP contribution in [-0.2, 0) is 4.79 Å². The van der Waals surface area contributed by atoms with E-state index in [9.17, 15) is 4.79 Å². The van der Waals surface area contributed by atoms with Gasteiger partial charge in [0.1, 0.15) is 6.04 Å². The first-order valence-corrected chi connectivity index (χ1v) is 7.57. The van der Waals surface area contributed by atoms with Crippen molar-refractivity contribution < 1.29 is 4.79 Å². The predicted octanol–water partition coefficient (Wildman–Crippen LogP) is 3.06. The van der Waals surface area contributed by atoms with Crippen LogP contribution in [0.15, 0.2) is 29.3 Å². The summed E-state index contributed by atoms with van der Waals surface area (Å²) in [7, 11) is 2.00. The summed E-state index contributed by atoms with van der Waals surface area (Å²) in [5, 5.41) is 6.22. The Morgan fingerprint density at radius 2 is 2.30 bits per heavy atom. The maximum atomic E-state index is 12.0. The zero-order valence-corrected chi connectivity index (χ0v) is 13.5. The average Bonchev–Trinajstić information content (AvgIpc) is 2.71. The van der Waals surface area contributed by atoms with E-state index in [1.165, 1.54) is 0 Å². The highest BCUT2D eigenvalue weighted by atomic mass is 79.9. The third-order valence-electron chi connectivity index (χ3n) is 3.36. The molecule has 0 aliphatic carbocycles. The number of rotatable bonds is 6. The minimum Gasteiger partial charge on any atom is -0.370 e. The molecule has 1 atom stereocenters. The molecule has 1 amide bonds. The van der Waals surface area contributed by atoms with Gasteiger partial charge in [0.15, 0.2) is 0 Å². The molecule has 0 fully saturated rings. The molecule has 20 heavy (non-hydrogen) atoms. The number of nitrogens with one attached hydrogen (secondary N) is 2. The Labute approximate surface area is 128 Å². The zero-order chi connectivity index (χ0) is 14.7. The van der Waals surface area contributed by atoms with Crippen LogP contribution in [-0.4, -0.2) is 26.0 Å². The summed E-state index contributed by atoms with van der Waals surface area (Å²) in [5.74, 6) is 0.0175. The normalized spacial score (nSPS) is 16.8. The highest BCUT2D eigenvalue weighted by Gasteiger charge is 2.31. The van der Waals surface area contributed by atoms with Gasteiger partial charge < -0.3 is 15.5 Å². The highest BCUT2D eigenvalue weighted by Crippen LogP contribution is 2.38. The van der Waals surface area contributed by atoms with Gasteiger partial charge in [0.05, 0.1) is 5.69 Å². The molecule has 1 heterocycles. The van der Waals surface area contributed by atoms with E-state index in [1.54, 1.807) is 0 Å². The maximum absolute atomic E-state index is 12.0. The second kappa shape index (κ2) is 6.41. The second-order valence-electron chi connectivity index (χ2n) is 4.94. The first-order valence-electron chi connectivity index (χ1n) is 6.78. The van der Waals surface area contributed by atoms with Gasteiger partial charge in [0.2, 0.25) is 5.91 Å². The quantitative estimate of drug-likeness (QED) is 0.784. The number of carbonyl (C=O) groups excluding carboxylic acids is 1. The van der Waals surface area contributed by atoms with E-state index in [0.29, 0.717) is 0 Å². The molecule has 1 aliphatic rings. The third-order valence-corrected chi connectivity index (χ3v) is 4.00. The van der Waals surface area contributed by atoms with Crippen molar-refractivity contribution in [2.75, 3.05) is 30.4 Å². The van der Waals surface area contributed by atoms with E-state index in [4.69, 9.17) is 0 Å². The molecule has 0 saturated heterocycles. The van der Waals surface area contributed by atoms with Gasteiger partial charge in [-0.05, 0) is 41.0 Å². The molecule has 0 saturated carbocycles. The largest absolute Gasteiger partial charge is 0.370 e. The maximum Gasteiger partial charge on any atom is 0.246 e. The van der Waals surface area contributed by atoms with E-state index in [0.717, 1.165) is 40.9 Å². The van der Waals surface area contributed by atoms with Crippen LogP contribution < -0.4 is 15.5 Å². The van der Waals surface area contributed by atoms with Crippen molar-refractivity contribution in [2.24, 2.45) is 0 Å². The number of carbonyl (C=O) groups is 1. The second-order valence-corrected chi connectivity index (χ2v) is 5.79. The summed E-state index contributed by atoms with van der Waals surface area (Å²) in [5.41, 5.74) is 2.93. The van der Waals surface area contributed by atoms with Gasteiger partial charge in [-0.3, -0.25) is 4.79 Å². The van der Waals surface area contributed by atoms with Crippen molar-refractivity contribution in [1.82, 2.24) is 5.32 Å². The van der Waals surface area contributed by atoms with Gasteiger partial charge in [0.25, 0.3) is 0 Å². The number of nitrogens with zero attached hydrogens (tertiary/aromatic N) is 1. The number of likely N-dealkylation sites (N-methyl/N-ethyl adjacent to an activating group) is 1. The fourth-order valence-corrected chi connectivity index (χ4v) is 3.01. The van der Waals surface area contributed by atoms with Gasteiger partial charge in [-0.2, -0.15) is 0 Å². The minimum atomic E-state index is -0.250. The summed E-state index contributed by atoms with van der Waals surface area (Å²) in [6, 6.07) is 3.78. The summed E-state index contributed by atoms with van der Waals surface area (Å²) in [4.78, 5) is 14.1. The van der Waals surface area contributed by atoms with Crippen LogP contribution in [0, 0.1) is 0 Å².